The van der Waals surface area contributed by atoms with Crippen molar-refractivity contribution in [1.29, 1.82) is 0 Å². The molecule has 0 spiro atoms. The van der Waals surface area contributed by atoms with E-state index in [0.717, 1.165) is 5.56 Å². The Balaban J connectivity index is 1.89. The Bertz CT molecular complexity index is 1080. The smallest absolute Gasteiger partial charge is 0.326 e. The van der Waals surface area contributed by atoms with Crippen LogP contribution in [0.25, 0.3) is 17.2 Å². The van der Waals surface area contributed by atoms with Gasteiger partial charge < -0.3 is 15.0 Å². The Morgan fingerprint density at radius 3 is 2.69 bits per heavy atom. The standard InChI is InChI=1S/C24H24FN3O3S/c1-32-14-10-22(24(30)31)27-23(29)20-9-4-17(3-2-12-28-13-11-26-16-28)15-21(20)18-5-7-19(25)8-6-18/h2-9,11,13,15-16,22H,10,12,14H2,1H3,(H,27,29)(H,30,31). The summed E-state index contributed by atoms with van der Waals surface area (Å²) in [6, 6.07) is 10.2. The summed E-state index contributed by atoms with van der Waals surface area (Å²) in [5.74, 6) is -1.32. The first kappa shape index (κ1) is 23.3. The van der Waals surface area contributed by atoms with Gasteiger partial charge in [0.25, 0.3) is 5.91 Å². The van der Waals surface area contributed by atoms with Crippen molar-refractivity contribution in [2.75, 3.05) is 12.0 Å². The lowest BCUT2D eigenvalue weighted by molar-refractivity contribution is -0.139. The minimum atomic E-state index is -1.07. The third-order valence-corrected chi connectivity index (χ3v) is 5.49. The number of aliphatic carboxylic acids is 1. The quantitative estimate of drug-likeness (QED) is 0.477. The van der Waals surface area contributed by atoms with Gasteiger partial charge in [0.15, 0.2) is 0 Å². The number of rotatable bonds is 10. The van der Waals surface area contributed by atoms with E-state index in [2.05, 4.69) is 10.3 Å². The number of aromatic nitrogens is 2. The van der Waals surface area contributed by atoms with E-state index in [1.54, 1.807) is 36.8 Å². The number of halogens is 1. The van der Waals surface area contributed by atoms with Gasteiger partial charge in [0.2, 0.25) is 0 Å². The van der Waals surface area contributed by atoms with Gasteiger partial charge in [-0.25, -0.2) is 14.2 Å². The molecule has 2 N–H and O–H groups in total. The van der Waals surface area contributed by atoms with Gasteiger partial charge >= 0.3 is 5.97 Å². The van der Waals surface area contributed by atoms with Crippen molar-refractivity contribution in [2.24, 2.45) is 0 Å². The molecule has 1 atom stereocenters. The number of hydrogen-bond donors (Lipinski definition) is 2. The number of imidazole rings is 1. The van der Waals surface area contributed by atoms with E-state index in [0.29, 0.717) is 35.4 Å². The maximum absolute atomic E-state index is 13.5. The topological polar surface area (TPSA) is 84.2 Å². The number of carbonyl (C=O) groups excluding carboxylic acids is 1. The molecule has 2 aromatic carbocycles. The Hall–Kier alpha value is -3.39. The van der Waals surface area contributed by atoms with E-state index in [1.165, 1.54) is 23.9 Å². The molecule has 0 aliphatic heterocycles. The maximum Gasteiger partial charge on any atom is 0.326 e. The molecule has 0 aliphatic rings. The Morgan fingerprint density at radius 1 is 1.25 bits per heavy atom. The summed E-state index contributed by atoms with van der Waals surface area (Å²) in [6.45, 7) is 0.643. The second-order valence-corrected chi connectivity index (χ2v) is 8.11. The normalized spacial score (nSPS) is 12.1. The Kier molecular flexibility index (Phi) is 8.21. The van der Waals surface area contributed by atoms with Crippen molar-refractivity contribution in [3.63, 3.8) is 0 Å². The summed E-state index contributed by atoms with van der Waals surface area (Å²) in [5.41, 5.74) is 2.45. The van der Waals surface area contributed by atoms with E-state index in [4.69, 9.17) is 0 Å². The summed E-state index contributed by atoms with van der Waals surface area (Å²) in [6.07, 6.45) is 11.4. The van der Waals surface area contributed by atoms with Crippen molar-refractivity contribution >= 4 is 29.7 Å². The molecule has 0 bridgehead atoms. The number of carbonyl (C=O) groups is 2. The highest BCUT2D eigenvalue weighted by Crippen LogP contribution is 2.26. The molecule has 1 amide bonds. The molecule has 6 nitrogen and oxygen atoms in total. The number of nitrogens with zero attached hydrogens (tertiary/aromatic N) is 2. The van der Waals surface area contributed by atoms with Gasteiger partial charge in [-0.15, -0.1) is 0 Å². The van der Waals surface area contributed by atoms with E-state index < -0.39 is 17.9 Å². The van der Waals surface area contributed by atoms with Crippen molar-refractivity contribution in [3.05, 3.63) is 84.2 Å². The molecule has 1 heterocycles. The highest BCUT2D eigenvalue weighted by atomic mass is 32.2. The van der Waals surface area contributed by atoms with Crippen LogP contribution in [0.3, 0.4) is 0 Å². The van der Waals surface area contributed by atoms with Gasteiger partial charge in [-0.1, -0.05) is 30.4 Å². The summed E-state index contributed by atoms with van der Waals surface area (Å²) < 4.78 is 15.4. The predicted octanol–water partition coefficient (Wildman–Crippen LogP) is 4.34. The number of amides is 1. The van der Waals surface area contributed by atoms with Crippen LogP contribution in [0.2, 0.25) is 0 Å². The molecule has 0 fully saturated rings. The van der Waals surface area contributed by atoms with Crippen molar-refractivity contribution in [2.45, 2.75) is 19.0 Å². The van der Waals surface area contributed by atoms with Crippen molar-refractivity contribution in [3.8, 4) is 11.1 Å². The average Bonchev–Trinajstić information content (AvgIpc) is 3.30. The minimum Gasteiger partial charge on any atom is -0.480 e. The zero-order chi connectivity index (χ0) is 22.9. The summed E-state index contributed by atoms with van der Waals surface area (Å²) >= 11 is 1.52. The fourth-order valence-corrected chi connectivity index (χ4v) is 3.64. The van der Waals surface area contributed by atoms with Crippen LogP contribution in [0, 0.1) is 5.82 Å². The van der Waals surface area contributed by atoms with Crippen LogP contribution < -0.4 is 5.32 Å². The van der Waals surface area contributed by atoms with Gasteiger partial charge in [0, 0.05) is 24.5 Å². The van der Waals surface area contributed by atoms with Gasteiger partial charge in [0.1, 0.15) is 11.9 Å². The SMILES string of the molecule is CSCCC(NC(=O)c1ccc(C=CCn2ccnc2)cc1-c1ccc(F)cc1)C(=O)O. The van der Waals surface area contributed by atoms with Crippen LogP contribution in [-0.4, -0.2) is 44.6 Å². The molecular weight excluding hydrogens is 429 g/mol. The zero-order valence-corrected chi connectivity index (χ0v) is 18.4. The lowest BCUT2D eigenvalue weighted by Gasteiger charge is -2.16. The largest absolute Gasteiger partial charge is 0.480 e. The Labute approximate surface area is 190 Å². The monoisotopic (exact) mass is 453 g/mol. The first-order valence-corrected chi connectivity index (χ1v) is 11.4. The molecule has 0 aliphatic carbocycles. The number of nitrogens with one attached hydrogen (secondary N) is 1. The molecule has 3 rings (SSSR count). The van der Waals surface area contributed by atoms with Gasteiger partial charge in [-0.05, 0) is 59.4 Å². The molecular formula is C24H24FN3O3S. The number of allylic oxidation sites excluding steroid dienone is 1. The second kappa shape index (κ2) is 11.3. The predicted molar refractivity (Wildman–Crippen MR) is 125 cm³/mol. The van der Waals surface area contributed by atoms with Crippen LogP contribution >= 0.6 is 11.8 Å². The third kappa shape index (κ3) is 6.31. The summed E-state index contributed by atoms with van der Waals surface area (Å²) in [5, 5.41) is 12.1. The number of hydrogen-bond acceptors (Lipinski definition) is 4. The van der Waals surface area contributed by atoms with Crippen molar-refractivity contribution < 1.29 is 19.1 Å². The number of carboxylic acids is 1. The van der Waals surface area contributed by atoms with Gasteiger partial charge in [-0.3, -0.25) is 4.79 Å². The van der Waals surface area contributed by atoms with E-state index in [9.17, 15) is 19.1 Å². The van der Waals surface area contributed by atoms with Crippen LogP contribution in [0.15, 0.2) is 67.3 Å². The number of benzene rings is 2. The lowest BCUT2D eigenvalue weighted by atomic mass is 9.96. The summed E-state index contributed by atoms with van der Waals surface area (Å²) in [4.78, 5) is 28.5. The first-order chi connectivity index (χ1) is 15.5. The van der Waals surface area contributed by atoms with Crippen LogP contribution in [0.1, 0.15) is 22.3 Å². The fraction of sp³-hybridized carbons (Fsp3) is 0.208. The third-order valence-electron chi connectivity index (χ3n) is 4.84. The van der Waals surface area contributed by atoms with Crippen LogP contribution in [0.4, 0.5) is 4.39 Å². The number of thioether (sulfide) groups is 1. The molecule has 8 heteroatoms. The highest BCUT2D eigenvalue weighted by Gasteiger charge is 2.22. The van der Waals surface area contributed by atoms with Gasteiger partial charge in [-0.2, -0.15) is 11.8 Å². The molecule has 0 saturated heterocycles. The van der Waals surface area contributed by atoms with Gasteiger partial charge in [0.05, 0.1) is 6.33 Å². The van der Waals surface area contributed by atoms with Crippen molar-refractivity contribution in [1.82, 2.24) is 14.9 Å². The first-order valence-electron chi connectivity index (χ1n) is 10.0. The molecule has 1 unspecified atom stereocenters. The van der Waals surface area contributed by atoms with Crippen LogP contribution in [0.5, 0.6) is 0 Å². The van der Waals surface area contributed by atoms with E-state index in [-0.39, 0.29) is 5.82 Å². The van der Waals surface area contributed by atoms with E-state index >= 15 is 0 Å². The lowest BCUT2D eigenvalue weighted by Crippen LogP contribution is -2.41. The number of carboxylic acid groups (broad SMARTS) is 1. The molecule has 0 saturated carbocycles. The minimum absolute atomic E-state index is 0.323. The second-order valence-electron chi connectivity index (χ2n) is 7.12. The fourth-order valence-electron chi connectivity index (χ4n) is 3.17. The molecule has 32 heavy (non-hydrogen) atoms. The van der Waals surface area contributed by atoms with E-state index in [1.807, 2.05) is 35.2 Å². The molecule has 166 valence electrons. The molecule has 1 aromatic heterocycles. The average molecular weight is 454 g/mol. The maximum atomic E-state index is 13.5. The van der Waals surface area contributed by atoms with Crippen LogP contribution in [-0.2, 0) is 11.3 Å². The molecule has 3 aromatic rings. The summed E-state index contributed by atoms with van der Waals surface area (Å²) in [7, 11) is 0. The molecule has 0 radical (unpaired) electrons. The Morgan fingerprint density at radius 2 is 2.03 bits per heavy atom. The zero-order valence-electron chi connectivity index (χ0n) is 17.6. The highest BCUT2D eigenvalue weighted by molar-refractivity contribution is 7.98.